The van der Waals surface area contributed by atoms with Gasteiger partial charge in [0.25, 0.3) is 11.8 Å². The Balaban J connectivity index is 2.27. The molecule has 0 radical (unpaired) electrons. The maximum atomic E-state index is 13.3. The second kappa shape index (κ2) is 11.5. The van der Waals surface area contributed by atoms with Gasteiger partial charge < -0.3 is 15.5 Å². The van der Waals surface area contributed by atoms with Crippen LogP contribution in [-0.2, 0) is 4.79 Å². The summed E-state index contributed by atoms with van der Waals surface area (Å²) in [6, 6.07) is 12.9. The first-order chi connectivity index (χ1) is 14.0. The fourth-order valence-electron chi connectivity index (χ4n) is 2.79. The summed E-state index contributed by atoms with van der Waals surface area (Å²) in [5.41, 5.74) is 4.30. The largest absolute Gasteiger partial charge is 0.508 e. The summed E-state index contributed by atoms with van der Waals surface area (Å²) in [6.45, 7) is 1.71. The molecule has 0 bridgehead atoms. The number of aliphatic hydroxyl groups is 1. The van der Waals surface area contributed by atoms with E-state index in [4.69, 9.17) is 0 Å². The molecule has 2 aromatic rings. The van der Waals surface area contributed by atoms with Crippen LogP contribution in [0.4, 0.5) is 5.69 Å². The minimum absolute atomic E-state index is 0.0279. The molecule has 8 heteroatoms. The zero-order chi connectivity index (χ0) is 21.2. The van der Waals surface area contributed by atoms with Crippen LogP contribution in [-0.4, -0.2) is 53.2 Å². The van der Waals surface area contributed by atoms with Gasteiger partial charge in [-0.2, -0.15) is 11.8 Å². The van der Waals surface area contributed by atoms with Crippen molar-refractivity contribution in [1.29, 1.82) is 0 Å². The molecule has 0 heterocycles. The van der Waals surface area contributed by atoms with E-state index in [0.717, 1.165) is 0 Å². The molecule has 4 N–H and O–H groups in total. The Labute approximate surface area is 175 Å². The summed E-state index contributed by atoms with van der Waals surface area (Å²) in [7, 11) is 0. The SMILES string of the molecule is CSCC[C@H](NC(=O)c1cccc(O)c1C)C(=O)N(NCCO)c1ccccc1. The first-order valence-electron chi connectivity index (χ1n) is 9.31. The third kappa shape index (κ3) is 6.22. The Morgan fingerprint density at radius 1 is 1.14 bits per heavy atom. The zero-order valence-electron chi connectivity index (χ0n) is 16.6. The minimum Gasteiger partial charge on any atom is -0.508 e. The Bertz CT molecular complexity index is 817. The number of nitrogens with zero attached hydrogens (tertiary/aromatic N) is 1. The standard InChI is InChI=1S/C21H27N3O4S/c1-15-17(9-6-10-19(15)26)20(27)23-18(11-14-29-2)21(28)24(22-12-13-25)16-7-4-3-5-8-16/h3-10,18,22,25-26H,11-14H2,1-2H3,(H,23,27)/t18-/m0/s1. The molecular weight excluding hydrogens is 390 g/mol. The average molecular weight is 418 g/mol. The molecular formula is C21H27N3O4S. The van der Waals surface area contributed by atoms with E-state index in [1.54, 1.807) is 43.0 Å². The number of rotatable bonds is 10. The van der Waals surface area contributed by atoms with Gasteiger partial charge in [-0.3, -0.25) is 9.59 Å². The van der Waals surface area contributed by atoms with Crippen LogP contribution in [0.25, 0.3) is 0 Å². The molecule has 29 heavy (non-hydrogen) atoms. The molecule has 0 saturated heterocycles. The number of anilines is 1. The van der Waals surface area contributed by atoms with E-state index in [1.165, 1.54) is 11.1 Å². The van der Waals surface area contributed by atoms with Crippen molar-refractivity contribution in [2.45, 2.75) is 19.4 Å². The number of phenolic OH excluding ortho intramolecular Hbond substituents is 1. The van der Waals surface area contributed by atoms with Gasteiger partial charge in [0.05, 0.1) is 12.3 Å². The highest BCUT2D eigenvalue weighted by atomic mass is 32.2. The Morgan fingerprint density at radius 2 is 1.86 bits per heavy atom. The molecule has 0 aliphatic carbocycles. The molecule has 2 rings (SSSR count). The molecule has 156 valence electrons. The molecule has 2 amide bonds. The van der Waals surface area contributed by atoms with Gasteiger partial charge in [0.15, 0.2) is 0 Å². The van der Waals surface area contributed by atoms with Gasteiger partial charge in [-0.25, -0.2) is 10.4 Å². The van der Waals surface area contributed by atoms with Crippen molar-refractivity contribution in [3.63, 3.8) is 0 Å². The van der Waals surface area contributed by atoms with E-state index in [0.29, 0.717) is 29.0 Å². The van der Waals surface area contributed by atoms with Crippen LogP contribution in [0.2, 0.25) is 0 Å². The van der Waals surface area contributed by atoms with Crippen LogP contribution in [0.1, 0.15) is 22.3 Å². The third-order valence-corrected chi connectivity index (χ3v) is 5.02. The summed E-state index contributed by atoms with van der Waals surface area (Å²) < 4.78 is 0. The van der Waals surface area contributed by atoms with E-state index in [9.17, 15) is 19.8 Å². The monoisotopic (exact) mass is 417 g/mol. The molecule has 0 saturated carbocycles. The van der Waals surface area contributed by atoms with Crippen molar-refractivity contribution in [2.75, 3.05) is 30.2 Å². The summed E-state index contributed by atoms with van der Waals surface area (Å²) in [4.78, 5) is 26.1. The Hall–Kier alpha value is -2.55. The predicted octanol–water partition coefficient (Wildman–Crippen LogP) is 2.08. The number of carbonyl (C=O) groups excluding carboxylic acids is 2. The normalized spacial score (nSPS) is 11.7. The molecule has 2 aromatic carbocycles. The Morgan fingerprint density at radius 3 is 2.52 bits per heavy atom. The van der Waals surface area contributed by atoms with Gasteiger partial charge in [-0.15, -0.1) is 0 Å². The number of carbonyl (C=O) groups is 2. The number of hydrazine groups is 1. The minimum atomic E-state index is -0.775. The van der Waals surface area contributed by atoms with E-state index >= 15 is 0 Å². The first-order valence-corrected chi connectivity index (χ1v) is 10.7. The number of nitrogens with one attached hydrogen (secondary N) is 2. The fourth-order valence-corrected chi connectivity index (χ4v) is 3.26. The number of benzene rings is 2. The van der Waals surface area contributed by atoms with Crippen molar-refractivity contribution >= 4 is 29.3 Å². The Kier molecular flexibility index (Phi) is 8.98. The van der Waals surface area contributed by atoms with E-state index in [2.05, 4.69) is 10.7 Å². The number of para-hydroxylation sites is 1. The van der Waals surface area contributed by atoms with Gasteiger partial charge in [0.2, 0.25) is 0 Å². The lowest BCUT2D eigenvalue weighted by Crippen LogP contribution is -2.54. The highest BCUT2D eigenvalue weighted by molar-refractivity contribution is 7.98. The van der Waals surface area contributed by atoms with E-state index < -0.39 is 11.9 Å². The second-order valence-corrected chi connectivity index (χ2v) is 7.38. The van der Waals surface area contributed by atoms with E-state index in [1.807, 2.05) is 24.5 Å². The highest BCUT2D eigenvalue weighted by Gasteiger charge is 2.27. The van der Waals surface area contributed by atoms with Gasteiger partial charge in [0, 0.05) is 17.7 Å². The quantitative estimate of drug-likeness (QED) is 0.442. The molecule has 0 fully saturated rings. The molecule has 0 aliphatic rings. The van der Waals surface area contributed by atoms with Gasteiger partial charge in [-0.05, 0) is 49.6 Å². The topological polar surface area (TPSA) is 102 Å². The van der Waals surface area contributed by atoms with Crippen LogP contribution in [0.3, 0.4) is 0 Å². The molecule has 0 spiro atoms. The van der Waals surface area contributed by atoms with Gasteiger partial charge in [0.1, 0.15) is 11.8 Å². The van der Waals surface area contributed by atoms with Crippen LogP contribution in [0.15, 0.2) is 48.5 Å². The molecule has 1 atom stereocenters. The number of hydrogen-bond acceptors (Lipinski definition) is 6. The average Bonchev–Trinajstić information content (AvgIpc) is 2.73. The second-order valence-electron chi connectivity index (χ2n) is 6.40. The summed E-state index contributed by atoms with van der Waals surface area (Å²) in [5.74, 6) is -0.0451. The maximum absolute atomic E-state index is 13.3. The van der Waals surface area contributed by atoms with Crippen molar-refractivity contribution in [2.24, 2.45) is 0 Å². The molecule has 7 nitrogen and oxygen atoms in total. The van der Waals surface area contributed by atoms with Crippen LogP contribution in [0.5, 0.6) is 5.75 Å². The van der Waals surface area contributed by atoms with Crippen molar-refractivity contribution in [3.8, 4) is 5.75 Å². The van der Waals surface area contributed by atoms with Crippen LogP contribution in [0, 0.1) is 6.92 Å². The number of aromatic hydroxyl groups is 1. The molecule has 0 unspecified atom stereocenters. The lowest BCUT2D eigenvalue weighted by Gasteiger charge is -2.28. The summed E-state index contributed by atoms with van der Waals surface area (Å²) in [6.07, 6.45) is 2.37. The predicted molar refractivity (Wildman–Crippen MR) is 116 cm³/mol. The summed E-state index contributed by atoms with van der Waals surface area (Å²) in [5, 5.41) is 23.2. The lowest BCUT2D eigenvalue weighted by atomic mass is 10.1. The van der Waals surface area contributed by atoms with Gasteiger partial charge >= 0.3 is 0 Å². The number of phenols is 1. The smallest absolute Gasteiger partial charge is 0.263 e. The number of aliphatic hydroxyl groups excluding tert-OH is 1. The highest BCUT2D eigenvalue weighted by Crippen LogP contribution is 2.20. The molecule has 0 aromatic heterocycles. The number of hydrogen-bond donors (Lipinski definition) is 4. The van der Waals surface area contributed by atoms with Crippen LogP contribution >= 0.6 is 11.8 Å². The van der Waals surface area contributed by atoms with E-state index in [-0.39, 0.29) is 24.8 Å². The third-order valence-electron chi connectivity index (χ3n) is 4.38. The van der Waals surface area contributed by atoms with Crippen molar-refractivity contribution in [1.82, 2.24) is 10.7 Å². The van der Waals surface area contributed by atoms with Crippen molar-refractivity contribution < 1.29 is 19.8 Å². The van der Waals surface area contributed by atoms with Crippen molar-refractivity contribution in [3.05, 3.63) is 59.7 Å². The lowest BCUT2D eigenvalue weighted by molar-refractivity contribution is -0.121. The number of thioether (sulfide) groups is 1. The molecule has 0 aliphatic heterocycles. The number of amides is 2. The van der Waals surface area contributed by atoms with Gasteiger partial charge in [-0.1, -0.05) is 24.3 Å². The first kappa shape index (κ1) is 22.7. The van der Waals surface area contributed by atoms with Crippen LogP contribution < -0.4 is 15.8 Å². The maximum Gasteiger partial charge on any atom is 0.263 e. The fraction of sp³-hybridized carbons (Fsp3) is 0.333. The summed E-state index contributed by atoms with van der Waals surface area (Å²) >= 11 is 1.58. The zero-order valence-corrected chi connectivity index (χ0v) is 17.4.